The van der Waals surface area contributed by atoms with Gasteiger partial charge in [0.1, 0.15) is 6.04 Å². The fourth-order valence-electron chi connectivity index (χ4n) is 2.74. The van der Waals surface area contributed by atoms with Crippen LogP contribution in [-0.2, 0) is 9.53 Å². The molecule has 1 saturated heterocycles. The van der Waals surface area contributed by atoms with Crippen molar-refractivity contribution in [2.24, 2.45) is 5.41 Å². The molecule has 1 fully saturated rings. The third-order valence-electron chi connectivity index (χ3n) is 4.16. The summed E-state index contributed by atoms with van der Waals surface area (Å²) in [5.74, 6) is -0.699. The number of carboxylic acid groups (broad SMARTS) is 1. The summed E-state index contributed by atoms with van der Waals surface area (Å²) in [6.45, 7) is 9.84. The number of carboxylic acids is 1. The van der Waals surface area contributed by atoms with Gasteiger partial charge in [-0.2, -0.15) is 0 Å². The maximum absolute atomic E-state index is 11.5. The molecule has 0 saturated carbocycles. The van der Waals surface area contributed by atoms with E-state index in [1.165, 1.54) is 0 Å². The molecule has 0 radical (unpaired) electrons. The Balaban J connectivity index is 2.71. The molecule has 0 aromatic heterocycles. The van der Waals surface area contributed by atoms with Crippen molar-refractivity contribution in [2.75, 3.05) is 20.2 Å². The van der Waals surface area contributed by atoms with Crippen molar-refractivity contribution in [3.05, 3.63) is 0 Å². The molecule has 1 aliphatic heterocycles. The van der Waals surface area contributed by atoms with E-state index in [1.54, 1.807) is 7.11 Å². The lowest BCUT2D eigenvalue weighted by Crippen LogP contribution is -2.55. The summed E-state index contributed by atoms with van der Waals surface area (Å²) in [5, 5.41) is 9.46. The first kappa shape index (κ1) is 15.4. The van der Waals surface area contributed by atoms with E-state index in [0.29, 0.717) is 0 Å². The summed E-state index contributed by atoms with van der Waals surface area (Å²) >= 11 is 0. The first-order chi connectivity index (χ1) is 8.19. The zero-order valence-corrected chi connectivity index (χ0v) is 12.3. The molecule has 0 amide bonds. The minimum absolute atomic E-state index is 0.151. The van der Waals surface area contributed by atoms with Crippen LogP contribution in [0.3, 0.4) is 0 Å². The van der Waals surface area contributed by atoms with Crippen molar-refractivity contribution in [1.82, 2.24) is 4.90 Å². The van der Waals surface area contributed by atoms with E-state index in [4.69, 9.17) is 4.74 Å². The molecule has 1 rings (SSSR count). The minimum atomic E-state index is -0.699. The van der Waals surface area contributed by atoms with Crippen LogP contribution in [0.15, 0.2) is 0 Å². The number of likely N-dealkylation sites (tertiary alicyclic amines) is 1. The Morgan fingerprint density at radius 3 is 2.61 bits per heavy atom. The van der Waals surface area contributed by atoms with Crippen molar-refractivity contribution in [1.29, 1.82) is 0 Å². The lowest BCUT2D eigenvalue weighted by atomic mass is 9.76. The predicted octanol–water partition coefficient (Wildman–Crippen LogP) is 2.38. The SMILES string of the molecule is COC(C)(C)CCN1CCCC(C)(C)C1C(=O)O. The van der Waals surface area contributed by atoms with E-state index in [9.17, 15) is 9.90 Å². The van der Waals surface area contributed by atoms with Crippen LogP contribution in [0.25, 0.3) is 0 Å². The van der Waals surface area contributed by atoms with Gasteiger partial charge in [0.15, 0.2) is 0 Å². The molecule has 1 atom stereocenters. The number of nitrogens with zero attached hydrogens (tertiary/aromatic N) is 1. The van der Waals surface area contributed by atoms with E-state index in [-0.39, 0.29) is 17.1 Å². The van der Waals surface area contributed by atoms with E-state index in [0.717, 1.165) is 32.4 Å². The van der Waals surface area contributed by atoms with Gasteiger partial charge in [-0.1, -0.05) is 13.8 Å². The van der Waals surface area contributed by atoms with E-state index in [2.05, 4.69) is 18.7 Å². The second-order valence-electron chi connectivity index (χ2n) is 6.58. The summed E-state index contributed by atoms with van der Waals surface area (Å²) < 4.78 is 5.40. The number of hydrogen-bond donors (Lipinski definition) is 1. The monoisotopic (exact) mass is 257 g/mol. The van der Waals surface area contributed by atoms with E-state index < -0.39 is 5.97 Å². The number of carbonyl (C=O) groups is 1. The second kappa shape index (κ2) is 5.57. The standard InChI is InChI=1S/C14H27NO3/c1-13(2)7-6-9-15(11(13)12(16)17)10-8-14(3,4)18-5/h11H,6-10H2,1-5H3,(H,16,17). The van der Waals surface area contributed by atoms with Crippen LogP contribution in [0.5, 0.6) is 0 Å². The zero-order valence-electron chi connectivity index (χ0n) is 12.3. The molecule has 4 nitrogen and oxygen atoms in total. The van der Waals surface area contributed by atoms with Gasteiger partial charge in [0, 0.05) is 13.7 Å². The van der Waals surface area contributed by atoms with Crippen molar-refractivity contribution < 1.29 is 14.6 Å². The molecule has 0 spiro atoms. The largest absolute Gasteiger partial charge is 0.480 e. The van der Waals surface area contributed by atoms with Crippen LogP contribution in [0.2, 0.25) is 0 Å². The Labute approximate surface area is 110 Å². The lowest BCUT2D eigenvalue weighted by Gasteiger charge is -2.44. The smallest absolute Gasteiger partial charge is 0.321 e. The van der Waals surface area contributed by atoms with Gasteiger partial charge in [0.25, 0.3) is 0 Å². The molecule has 0 aromatic rings. The molecule has 4 heteroatoms. The molecule has 0 aliphatic carbocycles. The Morgan fingerprint density at radius 1 is 1.50 bits per heavy atom. The normalized spacial score (nSPS) is 25.1. The second-order valence-corrected chi connectivity index (χ2v) is 6.58. The predicted molar refractivity (Wildman–Crippen MR) is 71.7 cm³/mol. The summed E-state index contributed by atoms with van der Waals surface area (Å²) in [5.41, 5.74) is -0.341. The average molecular weight is 257 g/mol. The minimum Gasteiger partial charge on any atom is -0.480 e. The van der Waals surface area contributed by atoms with Gasteiger partial charge in [0.05, 0.1) is 5.60 Å². The van der Waals surface area contributed by atoms with Gasteiger partial charge in [0.2, 0.25) is 0 Å². The van der Waals surface area contributed by atoms with Gasteiger partial charge >= 0.3 is 5.97 Å². The van der Waals surface area contributed by atoms with Crippen LogP contribution in [0.4, 0.5) is 0 Å². The number of hydrogen-bond acceptors (Lipinski definition) is 3. The molecule has 1 aliphatic rings. The number of piperidine rings is 1. The highest BCUT2D eigenvalue weighted by Crippen LogP contribution is 2.35. The highest BCUT2D eigenvalue weighted by atomic mass is 16.5. The topological polar surface area (TPSA) is 49.8 Å². The maximum atomic E-state index is 11.5. The zero-order chi connectivity index (χ0) is 14.0. The van der Waals surface area contributed by atoms with Crippen molar-refractivity contribution in [2.45, 2.75) is 58.6 Å². The fourth-order valence-corrected chi connectivity index (χ4v) is 2.74. The van der Waals surface area contributed by atoms with Crippen molar-refractivity contribution in [3.8, 4) is 0 Å². The Kier molecular flexibility index (Phi) is 4.78. The molecule has 0 aromatic carbocycles. The van der Waals surface area contributed by atoms with Gasteiger partial charge < -0.3 is 9.84 Å². The maximum Gasteiger partial charge on any atom is 0.321 e. The molecule has 0 bridgehead atoms. The number of aliphatic carboxylic acids is 1. The fraction of sp³-hybridized carbons (Fsp3) is 0.929. The number of ether oxygens (including phenoxy) is 1. The lowest BCUT2D eigenvalue weighted by molar-refractivity contribution is -0.151. The first-order valence-corrected chi connectivity index (χ1v) is 6.72. The van der Waals surface area contributed by atoms with E-state index in [1.807, 2.05) is 13.8 Å². The van der Waals surface area contributed by atoms with Gasteiger partial charge in [-0.25, -0.2) is 0 Å². The van der Waals surface area contributed by atoms with Gasteiger partial charge in [-0.3, -0.25) is 9.69 Å². The van der Waals surface area contributed by atoms with Gasteiger partial charge in [-0.05, 0) is 45.1 Å². The molecule has 1 heterocycles. The Hall–Kier alpha value is -0.610. The first-order valence-electron chi connectivity index (χ1n) is 6.72. The number of methoxy groups -OCH3 is 1. The quantitative estimate of drug-likeness (QED) is 0.821. The van der Waals surface area contributed by atoms with E-state index >= 15 is 0 Å². The van der Waals surface area contributed by atoms with Crippen LogP contribution < -0.4 is 0 Å². The van der Waals surface area contributed by atoms with Crippen molar-refractivity contribution >= 4 is 5.97 Å². The molecule has 1 unspecified atom stereocenters. The Morgan fingerprint density at radius 2 is 2.11 bits per heavy atom. The van der Waals surface area contributed by atoms with Crippen molar-refractivity contribution in [3.63, 3.8) is 0 Å². The molecule has 18 heavy (non-hydrogen) atoms. The molecular formula is C14H27NO3. The Bertz CT molecular complexity index is 299. The summed E-state index contributed by atoms with van der Waals surface area (Å²) in [6.07, 6.45) is 2.90. The van der Waals surface area contributed by atoms with Crippen LogP contribution in [0, 0.1) is 5.41 Å². The third kappa shape index (κ3) is 3.69. The average Bonchev–Trinajstić information content (AvgIpc) is 2.24. The molecule has 106 valence electrons. The number of rotatable bonds is 5. The highest BCUT2D eigenvalue weighted by molar-refractivity contribution is 5.74. The van der Waals surface area contributed by atoms with Crippen LogP contribution >= 0.6 is 0 Å². The summed E-state index contributed by atoms with van der Waals surface area (Å²) in [6, 6.07) is -0.376. The summed E-state index contributed by atoms with van der Waals surface area (Å²) in [7, 11) is 1.70. The van der Waals surface area contributed by atoms with Gasteiger partial charge in [-0.15, -0.1) is 0 Å². The van der Waals surface area contributed by atoms with Crippen LogP contribution in [0.1, 0.15) is 47.0 Å². The molecule has 1 N–H and O–H groups in total. The highest BCUT2D eigenvalue weighted by Gasteiger charge is 2.42. The third-order valence-corrected chi connectivity index (χ3v) is 4.16. The molecular weight excluding hydrogens is 230 g/mol. The summed E-state index contributed by atoms with van der Waals surface area (Å²) in [4.78, 5) is 13.6. The van der Waals surface area contributed by atoms with Crippen LogP contribution in [-0.4, -0.2) is 47.8 Å².